The molecule has 0 aromatic heterocycles. The zero-order valence-electron chi connectivity index (χ0n) is 5.68. The highest BCUT2D eigenvalue weighted by Crippen LogP contribution is 2.38. The molecule has 0 aromatic rings. The van der Waals surface area contributed by atoms with Gasteiger partial charge in [0.25, 0.3) is 6.43 Å². The molecule has 60 valence electrons. The van der Waals surface area contributed by atoms with Crippen molar-refractivity contribution in [2.75, 3.05) is 7.11 Å². The third-order valence-corrected chi connectivity index (χ3v) is 1.90. The van der Waals surface area contributed by atoms with Crippen molar-refractivity contribution in [3.63, 3.8) is 0 Å². The van der Waals surface area contributed by atoms with Crippen LogP contribution in [-0.2, 0) is 4.74 Å². The monoisotopic (exact) mass is 152 g/mol. The number of hydrogen-bond donors (Lipinski definition) is 1. The SMILES string of the molecule is COC1CC(O)(C(F)F)C1. The highest BCUT2D eigenvalue weighted by Gasteiger charge is 2.50. The van der Waals surface area contributed by atoms with Crippen LogP contribution in [0.5, 0.6) is 0 Å². The number of rotatable bonds is 2. The van der Waals surface area contributed by atoms with Gasteiger partial charge in [-0.15, -0.1) is 0 Å². The van der Waals surface area contributed by atoms with E-state index < -0.39 is 12.0 Å². The van der Waals surface area contributed by atoms with E-state index in [0.717, 1.165) is 0 Å². The van der Waals surface area contributed by atoms with Crippen molar-refractivity contribution in [3.05, 3.63) is 0 Å². The van der Waals surface area contributed by atoms with Crippen molar-refractivity contribution in [2.45, 2.75) is 31.0 Å². The Labute approximate surface area is 57.8 Å². The van der Waals surface area contributed by atoms with Crippen LogP contribution < -0.4 is 0 Å². The lowest BCUT2D eigenvalue weighted by atomic mass is 9.78. The molecule has 1 rings (SSSR count). The van der Waals surface area contributed by atoms with E-state index in [0.29, 0.717) is 0 Å². The van der Waals surface area contributed by atoms with Crippen molar-refractivity contribution in [1.29, 1.82) is 0 Å². The van der Waals surface area contributed by atoms with E-state index in [1.165, 1.54) is 7.11 Å². The van der Waals surface area contributed by atoms with Crippen LogP contribution in [-0.4, -0.2) is 30.3 Å². The van der Waals surface area contributed by atoms with Crippen LogP contribution in [0, 0.1) is 0 Å². The van der Waals surface area contributed by atoms with Crippen LogP contribution >= 0.6 is 0 Å². The van der Waals surface area contributed by atoms with Gasteiger partial charge in [0.15, 0.2) is 0 Å². The molecule has 0 spiro atoms. The second-order valence-corrected chi connectivity index (χ2v) is 2.67. The van der Waals surface area contributed by atoms with Crippen LogP contribution in [0.15, 0.2) is 0 Å². The van der Waals surface area contributed by atoms with Gasteiger partial charge in [0.2, 0.25) is 0 Å². The van der Waals surface area contributed by atoms with Gasteiger partial charge < -0.3 is 9.84 Å². The highest BCUT2D eigenvalue weighted by molar-refractivity contribution is 4.96. The predicted molar refractivity (Wildman–Crippen MR) is 31.0 cm³/mol. The van der Waals surface area contributed by atoms with Gasteiger partial charge in [0, 0.05) is 20.0 Å². The lowest BCUT2D eigenvalue weighted by Crippen LogP contribution is -2.53. The van der Waals surface area contributed by atoms with E-state index in [1.54, 1.807) is 0 Å². The molecule has 0 aromatic carbocycles. The molecule has 0 bridgehead atoms. The average Bonchev–Trinajstić information content (AvgIpc) is 1.80. The maximum atomic E-state index is 11.9. The van der Waals surface area contributed by atoms with E-state index in [9.17, 15) is 8.78 Å². The molecule has 1 saturated carbocycles. The van der Waals surface area contributed by atoms with Gasteiger partial charge in [-0.05, 0) is 0 Å². The van der Waals surface area contributed by atoms with Gasteiger partial charge in [-0.25, -0.2) is 8.78 Å². The standard InChI is InChI=1S/C6H10F2O2/c1-10-4-2-6(9,3-4)5(7)8/h4-5,9H,2-3H2,1H3. The molecule has 0 unspecified atom stereocenters. The number of methoxy groups -OCH3 is 1. The van der Waals surface area contributed by atoms with Gasteiger partial charge in [0.05, 0.1) is 6.10 Å². The fourth-order valence-corrected chi connectivity index (χ4v) is 1.07. The number of halogens is 2. The van der Waals surface area contributed by atoms with Gasteiger partial charge in [-0.3, -0.25) is 0 Å². The van der Waals surface area contributed by atoms with Crippen molar-refractivity contribution in [3.8, 4) is 0 Å². The maximum Gasteiger partial charge on any atom is 0.267 e. The largest absolute Gasteiger partial charge is 0.384 e. The predicted octanol–water partition coefficient (Wildman–Crippen LogP) is 0.791. The molecular formula is C6H10F2O2. The van der Waals surface area contributed by atoms with Crippen LogP contribution in [0.2, 0.25) is 0 Å². The summed E-state index contributed by atoms with van der Waals surface area (Å²) in [4.78, 5) is 0. The molecule has 1 fully saturated rings. The molecule has 0 aliphatic heterocycles. The molecule has 10 heavy (non-hydrogen) atoms. The summed E-state index contributed by atoms with van der Waals surface area (Å²) in [5, 5.41) is 8.96. The summed E-state index contributed by atoms with van der Waals surface area (Å²) in [6.07, 6.45) is -2.71. The molecule has 0 atom stereocenters. The molecule has 2 nitrogen and oxygen atoms in total. The topological polar surface area (TPSA) is 29.5 Å². The Bertz CT molecular complexity index is 121. The lowest BCUT2D eigenvalue weighted by Gasteiger charge is -2.41. The summed E-state index contributed by atoms with van der Waals surface area (Å²) in [5.74, 6) is 0. The van der Waals surface area contributed by atoms with Gasteiger partial charge in [0.1, 0.15) is 5.60 Å². The number of ether oxygens (including phenoxy) is 1. The van der Waals surface area contributed by atoms with Gasteiger partial charge in [-0.2, -0.15) is 0 Å². The molecule has 0 radical (unpaired) electrons. The Morgan fingerprint density at radius 1 is 1.60 bits per heavy atom. The Morgan fingerprint density at radius 2 is 2.10 bits per heavy atom. The minimum Gasteiger partial charge on any atom is -0.384 e. The third-order valence-electron chi connectivity index (χ3n) is 1.90. The summed E-state index contributed by atoms with van der Waals surface area (Å²) in [6, 6.07) is 0. The molecule has 0 saturated heterocycles. The van der Waals surface area contributed by atoms with Crippen LogP contribution in [0.25, 0.3) is 0 Å². The number of aliphatic hydroxyl groups is 1. The summed E-state index contributed by atoms with van der Waals surface area (Å²) in [5.41, 5.74) is -1.76. The van der Waals surface area contributed by atoms with Gasteiger partial charge in [-0.1, -0.05) is 0 Å². The smallest absolute Gasteiger partial charge is 0.267 e. The molecule has 0 amide bonds. The van der Waals surface area contributed by atoms with Gasteiger partial charge >= 0.3 is 0 Å². The van der Waals surface area contributed by atoms with E-state index in [1.807, 2.05) is 0 Å². The molecule has 0 heterocycles. The second kappa shape index (κ2) is 2.43. The minimum absolute atomic E-state index is 0.0567. The van der Waals surface area contributed by atoms with Crippen LogP contribution in [0.3, 0.4) is 0 Å². The summed E-state index contributed by atoms with van der Waals surface area (Å²) in [7, 11) is 1.45. The van der Waals surface area contributed by atoms with Crippen molar-refractivity contribution in [1.82, 2.24) is 0 Å². The molecule has 4 heteroatoms. The molecular weight excluding hydrogens is 142 g/mol. The maximum absolute atomic E-state index is 11.9. The Hall–Kier alpha value is -0.220. The lowest BCUT2D eigenvalue weighted by molar-refractivity contribution is -0.195. The van der Waals surface area contributed by atoms with E-state index in [2.05, 4.69) is 0 Å². The summed E-state index contributed by atoms with van der Waals surface area (Å²) >= 11 is 0. The summed E-state index contributed by atoms with van der Waals surface area (Å²) < 4.78 is 28.5. The van der Waals surface area contributed by atoms with Crippen molar-refractivity contribution in [2.24, 2.45) is 0 Å². The van der Waals surface area contributed by atoms with Crippen LogP contribution in [0.1, 0.15) is 12.8 Å². The molecule has 1 N–H and O–H groups in total. The number of alkyl halides is 2. The second-order valence-electron chi connectivity index (χ2n) is 2.67. The van der Waals surface area contributed by atoms with E-state index in [4.69, 9.17) is 9.84 Å². The van der Waals surface area contributed by atoms with Crippen molar-refractivity contribution < 1.29 is 18.6 Å². The van der Waals surface area contributed by atoms with Crippen molar-refractivity contribution >= 4 is 0 Å². The fourth-order valence-electron chi connectivity index (χ4n) is 1.07. The van der Waals surface area contributed by atoms with E-state index in [-0.39, 0.29) is 18.9 Å². The molecule has 1 aliphatic rings. The molecule has 1 aliphatic carbocycles. The zero-order chi connectivity index (χ0) is 7.78. The minimum atomic E-state index is -2.64. The zero-order valence-corrected chi connectivity index (χ0v) is 5.68. The summed E-state index contributed by atoms with van der Waals surface area (Å²) in [6.45, 7) is 0. The first kappa shape index (κ1) is 7.88. The first-order valence-corrected chi connectivity index (χ1v) is 3.12. The Morgan fingerprint density at radius 3 is 2.40 bits per heavy atom. The number of hydrogen-bond acceptors (Lipinski definition) is 2. The fraction of sp³-hybridized carbons (Fsp3) is 1.00. The Kier molecular flexibility index (Phi) is 1.92. The van der Waals surface area contributed by atoms with Crippen LogP contribution in [0.4, 0.5) is 8.78 Å². The Balaban J connectivity index is 2.34. The third kappa shape index (κ3) is 1.13. The first-order chi connectivity index (χ1) is 4.58. The highest BCUT2D eigenvalue weighted by atomic mass is 19.3. The quantitative estimate of drug-likeness (QED) is 0.634. The normalized spacial score (nSPS) is 39.9. The van der Waals surface area contributed by atoms with E-state index >= 15 is 0 Å². The average molecular weight is 152 g/mol. The first-order valence-electron chi connectivity index (χ1n) is 3.12.